The SMILES string of the molecule is Cc1c(NC(=O)C2CCCN2C(=O)c2ccco2)c(=O)n(-c2ccccc2)n1C. The minimum Gasteiger partial charge on any atom is -0.459 e. The second kappa shape index (κ2) is 7.46. The Kier molecular flexibility index (Phi) is 4.84. The lowest BCUT2D eigenvalue weighted by Crippen LogP contribution is -2.43. The standard InChI is InChI=1S/C21H22N4O4/c1-14-18(21(28)25(23(14)2)15-8-4-3-5-9-15)22-19(26)16-10-6-12-24(16)20(27)17-11-7-13-29-17/h3-5,7-9,11,13,16H,6,10,12H2,1-2H3,(H,22,26). The Morgan fingerprint density at radius 1 is 1.14 bits per heavy atom. The molecule has 0 bridgehead atoms. The number of rotatable bonds is 4. The van der Waals surface area contributed by atoms with E-state index in [-0.39, 0.29) is 28.8 Å². The van der Waals surface area contributed by atoms with Gasteiger partial charge in [0.2, 0.25) is 5.91 Å². The Morgan fingerprint density at radius 2 is 1.90 bits per heavy atom. The van der Waals surface area contributed by atoms with Gasteiger partial charge in [-0.1, -0.05) is 18.2 Å². The number of hydrogen-bond acceptors (Lipinski definition) is 4. The van der Waals surface area contributed by atoms with Crippen molar-refractivity contribution in [2.75, 3.05) is 11.9 Å². The molecule has 1 unspecified atom stereocenters. The van der Waals surface area contributed by atoms with Gasteiger partial charge in [-0.25, -0.2) is 4.68 Å². The van der Waals surface area contributed by atoms with Crippen LogP contribution in [0.1, 0.15) is 29.1 Å². The van der Waals surface area contributed by atoms with Gasteiger partial charge in [0.15, 0.2) is 5.76 Å². The molecular weight excluding hydrogens is 372 g/mol. The maximum Gasteiger partial charge on any atom is 0.295 e. The molecule has 1 aliphatic rings. The summed E-state index contributed by atoms with van der Waals surface area (Å²) in [6, 6.07) is 11.8. The third-order valence-corrected chi connectivity index (χ3v) is 5.35. The van der Waals surface area contributed by atoms with Crippen LogP contribution < -0.4 is 10.9 Å². The predicted molar refractivity (Wildman–Crippen MR) is 107 cm³/mol. The second-order valence-electron chi connectivity index (χ2n) is 7.06. The van der Waals surface area contributed by atoms with E-state index in [0.717, 1.165) is 0 Å². The summed E-state index contributed by atoms with van der Waals surface area (Å²) in [4.78, 5) is 40.1. The van der Waals surface area contributed by atoms with Gasteiger partial charge in [0.05, 0.1) is 17.6 Å². The zero-order chi connectivity index (χ0) is 20.5. The van der Waals surface area contributed by atoms with Crippen LogP contribution in [0.15, 0.2) is 57.9 Å². The largest absolute Gasteiger partial charge is 0.459 e. The Balaban J connectivity index is 1.60. The number of nitrogens with zero attached hydrogens (tertiary/aromatic N) is 3. The van der Waals surface area contributed by atoms with Gasteiger partial charge in [0.25, 0.3) is 11.5 Å². The fraction of sp³-hybridized carbons (Fsp3) is 0.286. The van der Waals surface area contributed by atoms with Crippen molar-refractivity contribution < 1.29 is 14.0 Å². The third-order valence-electron chi connectivity index (χ3n) is 5.35. The minimum atomic E-state index is -0.642. The van der Waals surface area contributed by atoms with Gasteiger partial charge in [-0.15, -0.1) is 0 Å². The third kappa shape index (κ3) is 3.26. The van der Waals surface area contributed by atoms with Crippen molar-refractivity contribution in [3.8, 4) is 5.69 Å². The van der Waals surface area contributed by atoms with E-state index in [9.17, 15) is 14.4 Å². The molecule has 1 fully saturated rings. The van der Waals surface area contributed by atoms with Crippen molar-refractivity contribution in [3.05, 3.63) is 70.5 Å². The van der Waals surface area contributed by atoms with Crippen LogP contribution in [0.25, 0.3) is 5.69 Å². The lowest BCUT2D eigenvalue weighted by Gasteiger charge is -2.22. The topological polar surface area (TPSA) is 89.5 Å². The molecular formula is C21H22N4O4. The Hall–Kier alpha value is -3.55. The van der Waals surface area contributed by atoms with Gasteiger partial charge in [0.1, 0.15) is 11.7 Å². The average Bonchev–Trinajstić information content (AvgIpc) is 3.46. The number of likely N-dealkylation sites (tertiary alicyclic amines) is 1. The van der Waals surface area contributed by atoms with E-state index >= 15 is 0 Å². The molecule has 3 aromatic rings. The summed E-state index contributed by atoms with van der Waals surface area (Å²) in [6.07, 6.45) is 2.68. The van der Waals surface area contributed by atoms with Gasteiger partial charge in [-0.05, 0) is 44.0 Å². The lowest BCUT2D eigenvalue weighted by atomic mass is 10.2. The molecule has 2 amide bonds. The molecule has 1 N–H and O–H groups in total. The van der Waals surface area contributed by atoms with Crippen molar-refractivity contribution >= 4 is 17.5 Å². The summed E-state index contributed by atoms with van der Waals surface area (Å²) in [7, 11) is 1.77. The Bertz CT molecular complexity index is 1100. The van der Waals surface area contributed by atoms with Crippen LogP contribution in [0.3, 0.4) is 0 Å². The summed E-state index contributed by atoms with van der Waals surface area (Å²) >= 11 is 0. The maximum absolute atomic E-state index is 13.0. The van der Waals surface area contributed by atoms with Crippen molar-refractivity contribution in [2.24, 2.45) is 7.05 Å². The number of furan rings is 1. The summed E-state index contributed by atoms with van der Waals surface area (Å²) in [5.74, 6) is -0.487. The first-order valence-corrected chi connectivity index (χ1v) is 9.48. The molecule has 1 atom stereocenters. The molecule has 8 heteroatoms. The van der Waals surface area contributed by atoms with Gasteiger partial charge in [-0.3, -0.25) is 19.1 Å². The molecule has 0 radical (unpaired) electrons. The molecule has 8 nitrogen and oxygen atoms in total. The summed E-state index contributed by atoms with van der Waals surface area (Å²) in [5.41, 5.74) is 1.25. The number of carbonyl (C=O) groups is 2. The van der Waals surface area contributed by atoms with Gasteiger partial charge in [0, 0.05) is 13.6 Å². The van der Waals surface area contributed by atoms with E-state index in [4.69, 9.17) is 4.42 Å². The molecule has 2 aromatic heterocycles. The monoisotopic (exact) mass is 394 g/mol. The van der Waals surface area contributed by atoms with Crippen molar-refractivity contribution in [1.82, 2.24) is 14.3 Å². The number of amides is 2. The molecule has 4 rings (SSSR count). The number of carbonyl (C=O) groups excluding carboxylic acids is 2. The molecule has 1 aromatic carbocycles. The van der Waals surface area contributed by atoms with Crippen LogP contribution in [-0.4, -0.2) is 38.7 Å². The van der Waals surface area contributed by atoms with E-state index < -0.39 is 6.04 Å². The summed E-state index contributed by atoms with van der Waals surface area (Å²) in [6.45, 7) is 2.25. The first kappa shape index (κ1) is 18.8. The smallest absolute Gasteiger partial charge is 0.295 e. The normalized spacial score (nSPS) is 16.2. The number of hydrogen-bond donors (Lipinski definition) is 1. The Labute approximate surface area is 167 Å². The van der Waals surface area contributed by atoms with Crippen molar-refractivity contribution in [1.29, 1.82) is 0 Å². The maximum atomic E-state index is 13.0. The molecule has 29 heavy (non-hydrogen) atoms. The highest BCUT2D eigenvalue weighted by atomic mass is 16.3. The molecule has 1 saturated heterocycles. The summed E-state index contributed by atoms with van der Waals surface area (Å²) < 4.78 is 8.39. The second-order valence-corrected chi connectivity index (χ2v) is 7.06. The molecule has 150 valence electrons. The molecule has 0 aliphatic carbocycles. The van der Waals surface area contributed by atoms with Gasteiger partial charge < -0.3 is 14.6 Å². The molecule has 1 aliphatic heterocycles. The number of benzene rings is 1. The first-order chi connectivity index (χ1) is 14.0. The highest BCUT2D eigenvalue weighted by Crippen LogP contribution is 2.22. The molecule has 0 spiro atoms. The van der Waals surface area contributed by atoms with Crippen LogP contribution in [-0.2, 0) is 11.8 Å². The van der Waals surface area contributed by atoms with E-state index in [1.807, 2.05) is 30.3 Å². The Morgan fingerprint density at radius 3 is 2.59 bits per heavy atom. The number of anilines is 1. The highest BCUT2D eigenvalue weighted by molar-refractivity contribution is 6.00. The highest BCUT2D eigenvalue weighted by Gasteiger charge is 2.36. The lowest BCUT2D eigenvalue weighted by molar-refractivity contribution is -0.119. The van der Waals surface area contributed by atoms with Gasteiger partial charge >= 0.3 is 0 Å². The zero-order valence-electron chi connectivity index (χ0n) is 16.3. The van der Waals surface area contributed by atoms with Crippen LogP contribution in [0.4, 0.5) is 5.69 Å². The van der Waals surface area contributed by atoms with E-state index in [1.165, 1.54) is 15.8 Å². The molecule has 0 saturated carbocycles. The van der Waals surface area contributed by atoms with Crippen LogP contribution >= 0.6 is 0 Å². The quantitative estimate of drug-likeness (QED) is 0.735. The molecule has 3 heterocycles. The van der Waals surface area contributed by atoms with Crippen LogP contribution in [0, 0.1) is 6.92 Å². The first-order valence-electron chi connectivity index (χ1n) is 9.48. The predicted octanol–water partition coefficient (Wildman–Crippen LogP) is 2.32. The minimum absolute atomic E-state index is 0.201. The summed E-state index contributed by atoms with van der Waals surface area (Å²) in [5, 5.41) is 2.76. The number of para-hydroxylation sites is 1. The van der Waals surface area contributed by atoms with E-state index in [0.29, 0.717) is 30.8 Å². The van der Waals surface area contributed by atoms with Crippen LogP contribution in [0.2, 0.25) is 0 Å². The number of nitrogens with one attached hydrogen (secondary N) is 1. The van der Waals surface area contributed by atoms with Crippen molar-refractivity contribution in [2.45, 2.75) is 25.8 Å². The average molecular weight is 394 g/mol. The van der Waals surface area contributed by atoms with E-state index in [1.54, 1.807) is 30.8 Å². The van der Waals surface area contributed by atoms with Gasteiger partial charge in [-0.2, -0.15) is 0 Å². The number of aromatic nitrogens is 2. The van der Waals surface area contributed by atoms with Crippen molar-refractivity contribution in [3.63, 3.8) is 0 Å². The zero-order valence-corrected chi connectivity index (χ0v) is 16.3. The van der Waals surface area contributed by atoms with Crippen LogP contribution in [0.5, 0.6) is 0 Å². The fourth-order valence-corrected chi connectivity index (χ4v) is 3.74. The van der Waals surface area contributed by atoms with E-state index in [2.05, 4.69) is 5.32 Å². The fourth-order valence-electron chi connectivity index (χ4n) is 3.74.